The standard InChI is InChI=1S/C32H50O8/c1-18(33)16-30(6)39-26(10-11-27(2,3)37)31(7,40-30)25-9-13-32(38)20-14-22(34)21-15-23(35)24(36)17-28(21,4)19(20)8-12-29(25,32)5/h14,19,21,23-26,35-38H,8-13,15-17H2,1-7H3/t19-,21-,23+,24-,25-,26+,28+,29+,30+,31+,32+/m0/s1. The molecule has 226 valence electrons. The van der Waals surface area contributed by atoms with Crippen molar-refractivity contribution in [2.45, 2.75) is 147 Å². The second-order valence-electron chi connectivity index (χ2n) is 15.4. The number of aliphatic hydroxyl groups excluding tert-OH is 2. The number of carbonyl (C=O) groups excluding carboxylic acids is 2. The fourth-order valence-electron chi connectivity index (χ4n) is 9.92. The van der Waals surface area contributed by atoms with Crippen molar-refractivity contribution in [3.05, 3.63) is 11.6 Å². The maximum absolute atomic E-state index is 13.5. The number of ketones is 2. The second kappa shape index (κ2) is 9.42. The van der Waals surface area contributed by atoms with Gasteiger partial charge in [0.15, 0.2) is 11.6 Å². The van der Waals surface area contributed by atoms with E-state index in [1.165, 1.54) is 6.92 Å². The average Bonchev–Trinajstić information content (AvgIpc) is 3.23. The van der Waals surface area contributed by atoms with Crippen molar-refractivity contribution in [1.82, 2.24) is 0 Å². The number of hydrogen-bond donors (Lipinski definition) is 4. The Bertz CT molecular complexity index is 1090. The lowest BCUT2D eigenvalue weighted by Gasteiger charge is -2.60. The molecular formula is C32H50O8. The van der Waals surface area contributed by atoms with Crippen molar-refractivity contribution < 1.29 is 39.5 Å². The van der Waals surface area contributed by atoms with E-state index in [1.54, 1.807) is 19.9 Å². The zero-order valence-corrected chi connectivity index (χ0v) is 25.3. The van der Waals surface area contributed by atoms with Gasteiger partial charge >= 0.3 is 0 Å². The monoisotopic (exact) mass is 562 g/mol. The lowest BCUT2D eigenvalue weighted by Crippen LogP contribution is -2.62. The summed E-state index contributed by atoms with van der Waals surface area (Å²) in [5.74, 6) is -1.74. The van der Waals surface area contributed by atoms with E-state index in [2.05, 4.69) is 13.8 Å². The van der Waals surface area contributed by atoms with Crippen LogP contribution in [0.15, 0.2) is 11.6 Å². The number of ether oxygens (including phenoxy) is 2. The molecule has 0 aromatic heterocycles. The molecule has 4 aliphatic carbocycles. The van der Waals surface area contributed by atoms with Crippen LogP contribution in [-0.4, -0.2) is 72.9 Å². The van der Waals surface area contributed by atoms with Crippen LogP contribution in [0.25, 0.3) is 0 Å². The summed E-state index contributed by atoms with van der Waals surface area (Å²) >= 11 is 0. The van der Waals surface area contributed by atoms with E-state index in [0.29, 0.717) is 38.5 Å². The second-order valence-corrected chi connectivity index (χ2v) is 15.4. The number of hydrogen-bond acceptors (Lipinski definition) is 8. The summed E-state index contributed by atoms with van der Waals surface area (Å²) in [5.41, 5.74) is -3.30. The van der Waals surface area contributed by atoms with E-state index in [0.717, 1.165) is 12.0 Å². The van der Waals surface area contributed by atoms with Crippen molar-refractivity contribution in [3.8, 4) is 0 Å². The summed E-state index contributed by atoms with van der Waals surface area (Å²) in [5, 5.41) is 44.1. The molecule has 0 aromatic carbocycles. The van der Waals surface area contributed by atoms with Crippen molar-refractivity contribution in [3.63, 3.8) is 0 Å². The molecule has 0 spiro atoms. The molecule has 4 N–H and O–H groups in total. The molecule has 4 fully saturated rings. The maximum Gasteiger partial charge on any atom is 0.173 e. The summed E-state index contributed by atoms with van der Waals surface area (Å²) in [7, 11) is 0. The first-order chi connectivity index (χ1) is 18.3. The van der Waals surface area contributed by atoms with E-state index >= 15 is 0 Å². The highest BCUT2D eigenvalue weighted by molar-refractivity contribution is 5.95. The molecule has 5 rings (SSSR count). The fraction of sp³-hybridized carbons (Fsp3) is 0.875. The van der Waals surface area contributed by atoms with Crippen LogP contribution in [0.5, 0.6) is 0 Å². The number of Topliss-reactive ketones (excluding diaryl/α,β-unsaturated/α-hetero) is 1. The molecule has 0 bridgehead atoms. The Balaban J connectivity index is 1.52. The SMILES string of the molecule is CC(=O)C[C@]1(C)O[C@H](CCC(C)(C)O)[C@@](C)([C@H]2CC[C@@]3(O)C4=CC(=O)[C@@H]5C[C@@H](O)[C@@H](O)C[C@]5(C)[C@H]4CC[C@]23C)O1. The third kappa shape index (κ3) is 4.47. The molecule has 0 unspecified atom stereocenters. The van der Waals surface area contributed by atoms with Gasteiger partial charge in [-0.3, -0.25) is 9.59 Å². The molecular weight excluding hydrogens is 512 g/mol. The minimum absolute atomic E-state index is 0.0314. The average molecular weight is 563 g/mol. The van der Waals surface area contributed by atoms with E-state index in [4.69, 9.17) is 9.47 Å². The van der Waals surface area contributed by atoms with Gasteiger partial charge in [-0.25, -0.2) is 0 Å². The van der Waals surface area contributed by atoms with Gasteiger partial charge in [0.25, 0.3) is 0 Å². The van der Waals surface area contributed by atoms with Crippen LogP contribution in [-0.2, 0) is 19.1 Å². The van der Waals surface area contributed by atoms with Crippen LogP contribution in [0.2, 0.25) is 0 Å². The number of carbonyl (C=O) groups is 2. The van der Waals surface area contributed by atoms with E-state index in [1.807, 2.05) is 13.8 Å². The van der Waals surface area contributed by atoms with Crippen LogP contribution in [0.1, 0.15) is 106 Å². The van der Waals surface area contributed by atoms with Gasteiger partial charge in [-0.05, 0) is 115 Å². The highest BCUT2D eigenvalue weighted by atomic mass is 16.8. The van der Waals surface area contributed by atoms with Gasteiger partial charge < -0.3 is 29.9 Å². The summed E-state index contributed by atoms with van der Waals surface area (Å²) < 4.78 is 13.3. The highest BCUT2D eigenvalue weighted by Gasteiger charge is 2.71. The molecule has 1 saturated heterocycles. The Kier molecular flexibility index (Phi) is 7.14. The Morgan fingerprint density at radius 1 is 1.07 bits per heavy atom. The Morgan fingerprint density at radius 3 is 2.38 bits per heavy atom. The molecule has 5 aliphatic rings. The summed E-state index contributed by atoms with van der Waals surface area (Å²) in [6, 6.07) is 0. The van der Waals surface area contributed by atoms with Gasteiger partial charge in [0.1, 0.15) is 5.78 Å². The van der Waals surface area contributed by atoms with Gasteiger partial charge in [-0.15, -0.1) is 0 Å². The largest absolute Gasteiger partial charge is 0.390 e. The lowest BCUT2D eigenvalue weighted by atomic mass is 9.45. The molecule has 1 heterocycles. The lowest BCUT2D eigenvalue weighted by molar-refractivity contribution is -0.202. The molecule has 11 atom stereocenters. The Hall–Kier alpha value is -1.16. The molecule has 8 heteroatoms. The summed E-state index contributed by atoms with van der Waals surface area (Å²) in [6.07, 6.45) is 3.86. The third-order valence-corrected chi connectivity index (χ3v) is 11.9. The first-order valence-corrected chi connectivity index (χ1v) is 15.2. The molecule has 40 heavy (non-hydrogen) atoms. The molecule has 0 aromatic rings. The van der Waals surface area contributed by atoms with Gasteiger partial charge in [-0.2, -0.15) is 0 Å². The third-order valence-electron chi connectivity index (χ3n) is 11.9. The van der Waals surface area contributed by atoms with Crippen LogP contribution in [0.3, 0.4) is 0 Å². The van der Waals surface area contributed by atoms with E-state index in [-0.39, 0.29) is 48.3 Å². The van der Waals surface area contributed by atoms with Crippen molar-refractivity contribution in [2.24, 2.45) is 28.6 Å². The zero-order chi connectivity index (χ0) is 29.7. The zero-order valence-electron chi connectivity index (χ0n) is 25.3. The summed E-state index contributed by atoms with van der Waals surface area (Å²) in [6.45, 7) is 13.1. The molecule has 3 saturated carbocycles. The topological polar surface area (TPSA) is 134 Å². The van der Waals surface area contributed by atoms with Crippen molar-refractivity contribution >= 4 is 11.6 Å². The molecule has 0 radical (unpaired) electrons. The van der Waals surface area contributed by atoms with Crippen molar-refractivity contribution in [2.75, 3.05) is 0 Å². The van der Waals surface area contributed by atoms with Gasteiger partial charge in [0.2, 0.25) is 0 Å². The highest BCUT2D eigenvalue weighted by Crippen LogP contribution is 2.70. The normalized spacial score (nSPS) is 50.7. The van der Waals surface area contributed by atoms with Crippen molar-refractivity contribution in [1.29, 1.82) is 0 Å². The number of rotatable bonds is 6. The molecule has 1 aliphatic heterocycles. The van der Waals surface area contributed by atoms with Crippen LogP contribution < -0.4 is 0 Å². The fourth-order valence-corrected chi connectivity index (χ4v) is 9.92. The number of allylic oxidation sites excluding steroid dienone is 1. The molecule has 0 amide bonds. The first kappa shape index (κ1) is 30.3. The summed E-state index contributed by atoms with van der Waals surface area (Å²) in [4.78, 5) is 25.7. The van der Waals surface area contributed by atoms with Gasteiger partial charge in [-0.1, -0.05) is 13.8 Å². The minimum atomic E-state index is -1.22. The molecule has 8 nitrogen and oxygen atoms in total. The Labute approximate surface area is 238 Å². The van der Waals surface area contributed by atoms with E-state index < -0.39 is 45.6 Å². The quantitative estimate of drug-likeness (QED) is 0.386. The minimum Gasteiger partial charge on any atom is -0.390 e. The first-order valence-electron chi connectivity index (χ1n) is 15.2. The smallest absolute Gasteiger partial charge is 0.173 e. The van der Waals surface area contributed by atoms with E-state index in [9.17, 15) is 30.0 Å². The predicted octanol–water partition coefficient (Wildman–Crippen LogP) is 3.61. The van der Waals surface area contributed by atoms with Gasteiger partial charge in [0.05, 0.1) is 41.5 Å². The number of aliphatic hydroxyl groups is 4. The maximum atomic E-state index is 13.5. The van der Waals surface area contributed by atoms with Crippen LogP contribution in [0, 0.1) is 28.6 Å². The van der Waals surface area contributed by atoms with Gasteiger partial charge in [0, 0.05) is 11.3 Å². The van der Waals surface area contributed by atoms with Crippen LogP contribution in [0.4, 0.5) is 0 Å². The van der Waals surface area contributed by atoms with Crippen LogP contribution >= 0.6 is 0 Å². The predicted molar refractivity (Wildman–Crippen MR) is 148 cm³/mol. The number of fused-ring (bicyclic) bond motifs is 5. The Morgan fingerprint density at radius 2 is 1.75 bits per heavy atom.